The summed E-state index contributed by atoms with van der Waals surface area (Å²) < 4.78 is 7.17. The van der Waals surface area contributed by atoms with Crippen molar-refractivity contribution < 1.29 is 9.53 Å². The fraction of sp³-hybridized carbons (Fsp3) is 0.0833. The highest BCUT2D eigenvalue weighted by Crippen LogP contribution is 2.34. The molecular formula is C24H19ClN2O2S. The van der Waals surface area contributed by atoms with E-state index in [0.29, 0.717) is 21.1 Å². The molecule has 0 radical (unpaired) electrons. The van der Waals surface area contributed by atoms with Crippen molar-refractivity contribution in [3.8, 4) is 27.4 Å². The van der Waals surface area contributed by atoms with Crippen LogP contribution in [0.4, 0.5) is 0 Å². The molecule has 0 spiro atoms. The summed E-state index contributed by atoms with van der Waals surface area (Å²) in [4.78, 5) is 18.9. The number of hydrogen-bond acceptors (Lipinski definition) is 3. The minimum atomic E-state index is -0.312. The predicted molar refractivity (Wildman–Crippen MR) is 122 cm³/mol. The van der Waals surface area contributed by atoms with E-state index in [1.54, 1.807) is 31.4 Å². The van der Waals surface area contributed by atoms with Gasteiger partial charge in [-0.3, -0.25) is 4.79 Å². The van der Waals surface area contributed by atoms with Crippen LogP contribution in [0.1, 0.15) is 10.4 Å². The summed E-state index contributed by atoms with van der Waals surface area (Å²) >= 11 is 7.57. The highest BCUT2D eigenvalue weighted by atomic mass is 35.5. The molecule has 0 saturated heterocycles. The first-order chi connectivity index (χ1) is 14.6. The van der Waals surface area contributed by atoms with Crippen molar-refractivity contribution in [1.29, 1.82) is 0 Å². The summed E-state index contributed by atoms with van der Waals surface area (Å²) in [5.74, 6) is 0.312. The lowest BCUT2D eigenvalue weighted by atomic mass is 10.1. The topological polar surface area (TPSA) is 43.6 Å². The van der Waals surface area contributed by atoms with E-state index in [1.165, 1.54) is 11.3 Å². The number of nitrogens with zero attached hydrogens (tertiary/aromatic N) is 2. The molecule has 4 rings (SSSR count). The van der Waals surface area contributed by atoms with Gasteiger partial charge in [0.05, 0.1) is 17.7 Å². The van der Waals surface area contributed by atoms with Gasteiger partial charge in [0.15, 0.2) is 4.80 Å². The van der Waals surface area contributed by atoms with Crippen LogP contribution in [0.5, 0.6) is 5.75 Å². The van der Waals surface area contributed by atoms with E-state index in [4.69, 9.17) is 16.3 Å². The van der Waals surface area contributed by atoms with Crippen LogP contribution >= 0.6 is 22.9 Å². The molecule has 0 saturated carbocycles. The number of thiazole rings is 1. The molecule has 150 valence electrons. The zero-order valence-electron chi connectivity index (χ0n) is 16.5. The maximum absolute atomic E-state index is 12.8. The number of rotatable bonds is 4. The monoisotopic (exact) mass is 434 g/mol. The molecule has 1 amide bonds. The quantitative estimate of drug-likeness (QED) is 0.406. The summed E-state index contributed by atoms with van der Waals surface area (Å²) in [7, 11) is 3.50. The number of methoxy groups -OCH3 is 1. The Hall–Kier alpha value is -3.15. The molecule has 0 N–H and O–H groups in total. The fourth-order valence-electron chi connectivity index (χ4n) is 3.18. The van der Waals surface area contributed by atoms with Crippen LogP contribution < -0.4 is 9.54 Å². The minimum Gasteiger partial charge on any atom is -0.497 e. The van der Waals surface area contributed by atoms with E-state index in [9.17, 15) is 4.79 Å². The van der Waals surface area contributed by atoms with Gasteiger partial charge in [0.25, 0.3) is 5.91 Å². The SMILES string of the molecule is COc1cccc(C(=O)N=c2sc(-c3ccccc3)c(-c3ccc(Cl)cc3)n2C)c1. The number of carbonyl (C=O) groups excluding carboxylic acids is 1. The highest BCUT2D eigenvalue weighted by Gasteiger charge is 2.16. The van der Waals surface area contributed by atoms with Gasteiger partial charge >= 0.3 is 0 Å². The van der Waals surface area contributed by atoms with Crippen LogP contribution in [0, 0.1) is 0 Å². The molecule has 0 aliphatic rings. The Bertz CT molecular complexity index is 1260. The maximum atomic E-state index is 12.8. The van der Waals surface area contributed by atoms with Crippen LogP contribution in [0.15, 0.2) is 83.9 Å². The Morgan fingerprint density at radius 2 is 1.70 bits per heavy atom. The number of benzene rings is 3. The standard InChI is InChI=1S/C24H19ClN2O2S/c1-27-21(16-11-13-19(25)14-12-16)22(17-7-4-3-5-8-17)30-24(27)26-23(28)18-9-6-10-20(15-18)29-2/h3-15H,1-2H3. The molecule has 0 bridgehead atoms. The van der Waals surface area contributed by atoms with Gasteiger partial charge in [-0.05, 0) is 41.5 Å². The Kier molecular flexibility index (Phi) is 5.84. The van der Waals surface area contributed by atoms with Gasteiger partial charge in [-0.15, -0.1) is 0 Å². The van der Waals surface area contributed by atoms with Gasteiger partial charge in [-0.1, -0.05) is 71.5 Å². The first kappa shape index (κ1) is 20.1. The predicted octanol–water partition coefficient (Wildman–Crippen LogP) is 5.82. The van der Waals surface area contributed by atoms with E-state index < -0.39 is 0 Å². The fourth-order valence-corrected chi connectivity index (χ4v) is 4.45. The van der Waals surface area contributed by atoms with Crippen molar-refractivity contribution >= 4 is 28.8 Å². The van der Waals surface area contributed by atoms with Gasteiger partial charge < -0.3 is 9.30 Å². The molecule has 0 unspecified atom stereocenters. The summed E-state index contributed by atoms with van der Waals surface area (Å²) in [6, 6.07) is 24.8. The minimum absolute atomic E-state index is 0.312. The largest absolute Gasteiger partial charge is 0.497 e. The van der Waals surface area contributed by atoms with E-state index in [1.807, 2.05) is 54.1 Å². The number of aromatic nitrogens is 1. The zero-order chi connectivity index (χ0) is 21.1. The second-order valence-electron chi connectivity index (χ2n) is 6.64. The first-order valence-corrected chi connectivity index (χ1v) is 10.5. The molecule has 1 heterocycles. The van der Waals surface area contributed by atoms with Crippen molar-refractivity contribution in [3.63, 3.8) is 0 Å². The molecule has 0 atom stereocenters. The van der Waals surface area contributed by atoms with Crippen molar-refractivity contribution in [3.05, 3.63) is 94.3 Å². The number of carbonyl (C=O) groups is 1. The third-order valence-electron chi connectivity index (χ3n) is 4.70. The van der Waals surface area contributed by atoms with Crippen LogP contribution in [-0.4, -0.2) is 17.6 Å². The van der Waals surface area contributed by atoms with Crippen molar-refractivity contribution in [2.75, 3.05) is 7.11 Å². The van der Waals surface area contributed by atoms with Crippen molar-refractivity contribution in [2.45, 2.75) is 0 Å². The van der Waals surface area contributed by atoms with Crippen molar-refractivity contribution in [2.24, 2.45) is 12.0 Å². The zero-order valence-corrected chi connectivity index (χ0v) is 18.1. The van der Waals surface area contributed by atoms with E-state index in [2.05, 4.69) is 17.1 Å². The molecular weight excluding hydrogens is 416 g/mol. The lowest BCUT2D eigenvalue weighted by Crippen LogP contribution is -2.14. The third kappa shape index (κ3) is 4.08. The number of hydrogen-bond donors (Lipinski definition) is 0. The van der Waals surface area contributed by atoms with Crippen LogP contribution in [0.25, 0.3) is 21.7 Å². The molecule has 4 aromatic rings. The molecule has 0 aliphatic heterocycles. The first-order valence-electron chi connectivity index (χ1n) is 9.31. The second kappa shape index (κ2) is 8.69. The Labute approximate surface area is 183 Å². The number of ether oxygens (including phenoxy) is 1. The molecule has 4 nitrogen and oxygen atoms in total. The van der Waals surface area contributed by atoms with E-state index >= 15 is 0 Å². The van der Waals surface area contributed by atoms with Crippen molar-refractivity contribution in [1.82, 2.24) is 4.57 Å². The lowest BCUT2D eigenvalue weighted by molar-refractivity contribution is 0.0997. The Balaban J connectivity index is 1.88. The summed E-state index contributed by atoms with van der Waals surface area (Å²) in [5.41, 5.74) is 3.54. The average molecular weight is 435 g/mol. The molecule has 0 aliphatic carbocycles. The van der Waals surface area contributed by atoms with E-state index in [0.717, 1.165) is 21.7 Å². The second-order valence-corrected chi connectivity index (χ2v) is 8.06. The third-order valence-corrected chi connectivity index (χ3v) is 6.13. The average Bonchev–Trinajstić information content (AvgIpc) is 3.11. The van der Waals surface area contributed by atoms with Gasteiger partial charge in [0.1, 0.15) is 5.75 Å². The van der Waals surface area contributed by atoms with Gasteiger partial charge in [-0.2, -0.15) is 4.99 Å². The van der Waals surface area contributed by atoms with Gasteiger partial charge in [0.2, 0.25) is 0 Å². The molecule has 3 aromatic carbocycles. The summed E-state index contributed by atoms with van der Waals surface area (Å²) in [5, 5.41) is 0.677. The Morgan fingerprint density at radius 3 is 2.40 bits per heavy atom. The highest BCUT2D eigenvalue weighted by molar-refractivity contribution is 7.13. The molecule has 0 fully saturated rings. The number of amides is 1. The number of halogens is 1. The summed E-state index contributed by atoms with van der Waals surface area (Å²) in [6.07, 6.45) is 0. The van der Waals surface area contributed by atoms with Gasteiger partial charge in [0, 0.05) is 17.6 Å². The lowest BCUT2D eigenvalue weighted by Gasteiger charge is -2.07. The van der Waals surface area contributed by atoms with Gasteiger partial charge in [-0.25, -0.2) is 0 Å². The van der Waals surface area contributed by atoms with Crippen LogP contribution in [-0.2, 0) is 7.05 Å². The maximum Gasteiger partial charge on any atom is 0.279 e. The summed E-state index contributed by atoms with van der Waals surface area (Å²) in [6.45, 7) is 0. The normalized spacial score (nSPS) is 11.5. The smallest absolute Gasteiger partial charge is 0.279 e. The Morgan fingerprint density at radius 1 is 0.967 bits per heavy atom. The molecule has 6 heteroatoms. The van der Waals surface area contributed by atoms with E-state index in [-0.39, 0.29) is 5.91 Å². The van der Waals surface area contributed by atoms with Crippen LogP contribution in [0.2, 0.25) is 5.02 Å². The molecule has 1 aromatic heterocycles. The molecule has 30 heavy (non-hydrogen) atoms. The van der Waals surface area contributed by atoms with Crippen LogP contribution in [0.3, 0.4) is 0 Å².